The van der Waals surface area contributed by atoms with E-state index >= 15 is 0 Å². The number of amides is 1. The van der Waals surface area contributed by atoms with E-state index in [2.05, 4.69) is 11.8 Å². The van der Waals surface area contributed by atoms with Crippen LogP contribution in [-0.2, 0) is 4.74 Å². The molecule has 0 aliphatic carbocycles. The lowest BCUT2D eigenvalue weighted by molar-refractivity contribution is -0.0912. The Morgan fingerprint density at radius 1 is 1.33 bits per heavy atom. The first-order valence-electron chi connectivity index (χ1n) is 7.59. The van der Waals surface area contributed by atoms with Crippen molar-refractivity contribution in [1.82, 2.24) is 9.80 Å². The minimum atomic E-state index is -0.317. The van der Waals surface area contributed by atoms with Gasteiger partial charge < -0.3 is 14.5 Å². The summed E-state index contributed by atoms with van der Waals surface area (Å²) in [5.74, 6) is -0.332. The van der Waals surface area contributed by atoms with Gasteiger partial charge in [-0.1, -0.05) is 6.92 Å². The summed E-state index contributed by atoms with van der Waals surface area (Å²) in [6, 6.07) is 5.93. The van der Waals surface area contributed by atoms with Gasteiger partial charge in [0.25, 0.3) is 5.91 Å². The number of hydrogen-bond donors (Lipinski definition) is 0. The molecule has 2 fully saturated rings. The molecule has 2 aliphatic rings. The van der Waals surface area contributed by atoms with Crippen molar-refractivity contribution < 1.29 is 13.9 Å². The Morgan fingerprint density at radius 3 is 2.81 bits per heavy atom. The molecule has 3 rings (SSSR count). The minimum Gasteiger partial charge on any atom is -0.373 e. The van der Waals surface area contributed by atoms with Crippen LogP contribution in [0.15, 0.2) is 24.3 Å². The Balaban J connectivity index is 1.75. The van der Waals surface area contributed by atoms with Crippen LogP contribution in [0, 0.1) is 5.82 Å². The van der Waals surface area contributed by atoms with Crippen molar-refractivity contribution in [3.63, 3.8) is 0 Å². The number of carbonyl (C=O) groups excluding carboxylic acids is 1. The molecule has 1 amide bonds. The smallest absolute Gasteiger partial charge is 0.254 e. The highest BCUT2D eigenvalue weighted by atomic mass is 19.1. The monoisotopic (exact) mass is 292 g/mol. The topological polar surface area (TPSA) is 32.8 Å². The number of morpholine rings is 1. The molecule has 0 radical (unpaired) electrons. The number of piperidine rings is 1. The van der Waals surface area contributed by atoms with Gasteiger partial charge in [-0.3, -0.25) is 4.79 Å². The van der Waals surface area contributed by atoms with Gasteiger partial charge >= 0.3 is 0 Å². The van der Waals surface area contributed by atoms with Crippen LogP contribution < -0.4 is 0 Å². The number of benzene rings is 1. The lowest BCUT2D eigenvalue weighted by Gasteiger charge is -2.46. The second-order valence-corrected chi connectivity index (χ2v) is 5.66. The van der Waals surface area contributed by atoms with Gasteiger partial charge in [0.05, 0.1) is 18.8 Å². The molecule has 0 spiro atoms. The zero-order valence-electron chi connectivity index (χ0n) is 12.3. The number of fused-ring (bicyclic) bond motifs is 1. The Labute approximate surface area is 124 Å². The fourth-order valence-electron chi connectivity index (χ4n) is 3.25. The average molecular weight is 292 g/mol. The maximum atomic E-state index is 13.0. The van der Waals surface area contributed by atoms with Crippen molar-refractivity contribution in [2.75, 3.05) is 32.8 Å². The molecule has 2 atom stereocenters. The van der Waals surface area contributed by atoms with Gasteiger partial charge in [0.2, 0.25) is 0 Å². The molecule has 1 aromatic rings. The number of ether oxygens (including phenoxy) is 1. The van der Waals surface area contributed by atoms with Gasteiger partial charge in [0, 0.05) is 25.2 Å². The van der Waals surface area contributed by atoms with E-state index in [1.165, 1.54) is 12.1 Å². The van der Waals surface area contributed by atoms with Crippen LogP contribution >= 0.6 is 0 Å². The molecule has 0 N–H and O–H groups in total. The fraction of sp³-hybridized carbons (Fsp3) is 0.562. The standard InChI is InChI=1S/C16H21FN2O2/c1-2-18-8-7-14-15(11-18)21-10-9-19(14)16(20)12-3-5-13(17)6-4-12/h3-6,14-15H,2,7-11H2,1H3/t14-,15+/m1/s1. The molecule has 114 valence electrons. The SMILES string of the molecule is CCN1CC[C@@H]2[C@H](C1)OCCN2C(=O)c1ccc(F)cc1. The number of likely N-dealkylation sites (tertiary alicyclic amines) is 1. The molecule has 1 aromatic carbocycles. The molecule has 0 bridgehead atoms. The normalized spacial score (nSPS) is 26.5. The predicted molar refractivity (Wildman–Crippen MR) is 77.7 cm³/mol. The number of rotatable bonds is 2. The number of carbonyl (C=O) groups is 1. The van der Waals surface area contributed by atoms with Gasteiger partial charge in [0.1, 0.15) is 5.82 Å². The third-order valence-electron chi connectivity index (χ3n) is 4.47. The van der Waals surface area contributed by atoms with Gasteiger partial charge in [-0.2, -0.15) is 0 Å². The first-order valence-corrected chi connectivity index (χ1v) is 7.59. The quantitative estimate of drug-likeness (QED) is 0.833. The first-order chi connectivity index (χ1) is 10.2. The average Bonchev–Trinajstić information content (AvgIpc) is 2.53. The number of nitrogens with zero attached hydrogens (tertiary/aromatic N) is 2. The molecule has 2 heterocycles. The Bertz CT molecular complexity index is 506. The first kappa shape index (κ1) is 14.5. The van der Waals surface area contributed by atoms with E-state index in [-0.39, 0.29) is 23.9 Å². The molecular weight excluding hydrogens is 271 g/mol. The van der Waals surface area contributed by atoms with Crippen LogP contribution in [0.25, 0.3) is 0 Å². The van der Waals surface area contributed by atoms with Crippen molar-refractivity contribution in [2.45, 2.75) is 25.5 Å². The summed E-state index contributed by atoms with van der Waals surface area (Å²) < 4.78 is 18.8. The maximum Gasteiger partial charge on any atom is 0.254 e. The lowest BCUT2D eigenvalue weighted by Crippen LogP contribution is -2.60. The fourth-order valence-corrected chi connectivity index (χ4v) is 3.25. The van der Waals surface area contributed by atoms with E-state index in [1.807, 2.05) is 4.90 Å². The predicted octanol–water partition coefficient (Wildman–Crippen LogP) is 1.76. The zero-order chi connectivity index (χ0) is 14.8. The van der Waals surface area contributed by atoms with Crippen LogP contribution in [0.5, 0.6) is 0 Å². The number of halogens is 1. The van der Waals surface area contributed by atoms with E-state index < -0.39 is 0 Å². The van der Waals surface area contributed by atoms with Gasteiger partial charge in [0.15, 0.2) is 0 Å². The largest absolute Gasteiger partial charge is 0.373 e. The van der Waals surface area contributed by atoms with E-state index in [0.29, 0.717) is 18.7 Å². The molecular formula is C16H21FN2O2. The molecule has 0 saturated carbocycles. The van der Waals surface area contributed by atoms with Crippen molar-refractivity contribution in [2.24, 2.45) is 0 Å². The molecule has 0 aromatic heterocycles. The summed E-state index contributed by atoms with van der Waals surface area (Å²) in [7, 11) is 0. The highest BCUT2D eigenvalue weighted by Crippen LogP contribution is 2.24. The Kier molecular flexibility index (Phi) is 4.22. The summed E-state index contributed by atoms with van der Waals surface area (Å²) in [6.45, 7) is 6.22. The highest BCUT2D eigenvalue weighted by molar-refractivity contribution is 5.94. The molecule has 2 saturated heterocycles. The lowest BCUT2D eigenvalue weighted by atomic mass is 9.97. The van der Waals surface area contributed by atoms with E-state index in [4.69, 9.17) is 4.74 Å². The zero-order valence-corrected chi connectivity index (χ0v) is 12.3. The third-order valence-corrected chi connectivity index (χ3v) is 4.47. The van der Waals surface area contributed by atoms with E-state index in [9.17, 15) is 9.18 Å². The number of hydrogen-bond acceptors (Lipinski definition) is 3. The summed E-state index contributed by atoms with van der Waals surface area (Å²) in [6.07, 6.45) is 1.03. The van der Waals surface area contributed by atoms with E-state index in [1.54, 1.807) is 12.1 Å². The molecule has 5 heteroatoms. The van der Waals surface area contributed by atoms with Gasteiger partial charge in [-0.25, -0.2) is 4.39 Å². The maximum absolute atomic E-state index is 13.0. The van der Waals surface area contributed by atoms with Crippen molar-refractivity contribution in [1.29, 1.82) is 0 Å². The van der Waals surface area contributed by atoms with Crippen molar-refractivity contribution in [3.05, 3.63) is 35.6 Å². The van der Waals surface area contributed by atoms with E-state index in [0.717, 1.165) is 26.1 Å². The third kappa shape index (κ3) is 2.94. The molecule has 2 aliphatic heterocycles. The molecule has 4 nitrogen and oxygen atoms in total. The Morgan fingerprint density at radius 2 is 2.10 bits per heavy atom. The van der Waals surface area contributed by atoms with Crippen LogP contribution in [0.2, 0.25) is 0 Å². The number of likely N-dealkylation sites (N-methyl/N-ethyl adjacent to an activating group) is 1. The van der Waals surface area contributed by atoms with Crippen LogP contribution in [-0.4, -0.2) is 60.6 Å². The Hall–Kier alpha value is -1.46. The van der Waals surface area contributed by atoms with Gasteiger partial charge in [-0.05, 0) is 37.2 Å². The van der Waals surface area contributed by atoms with Crippen molar-refractivity contribution >= 4 is 5.91 Å². The highest BCUT2D eigenvalue weighted by Gasteiger charge is 2.38. The molecule has 0 unspecified atom stereocenters. The summed E-state index contributed by atoms with van der Waals surface area (Å²) >= 11 is 0. The van der Waals surface area contributed by atoms with Crippen LogP contribution in [0.4, 0.5) is 4.39 Å². The van der Waals surface area contributed by atoms with Crippen LogP contribution in [0.3, 0.4) is 0 Å². The summed E-state index contributed by atoms with van der Waals surface area (Å²) in [5, 5.41) is 0. The summed E-state index contributed by atoms with van der Waals surface area (Å²) in [4.78, 5) is 16.9. The molecule has 21 heavy (non-hydrogen) atoms. The van der Waals surface area contributed by atoms with Gasteiger partial charge in [-0.15, -0.1) is 0 Å². The van der Waals surface area contributed by atoms with Crippen molar-refractivity contribution in [3.8, 4) is 0 Å². The van der Waals surface area contributed by atoms with Crippen LogP contribution in [0.1, 0.15) is 23.7 Å². The second-order valence-electron chi connectivity index (χ2n) is 5.66. The minimum absolute atomic E-state index is 0.0155. The summed E-state index contributed by atoms with van der Waals surface area (Å²) in [5.41, 5.74) is 0.551. The second kappa shape index (κ2) is 6.12.